The summed E-state index contributed by atoms with van der Waals surface area (Å²) in [5, 5.41) is 0. The van der Waals surface area contributed by atoms with E-state index in [4.69, 9.17) is 0 Å². The van der Waals surface area contributed by atoms with Crippen molar-refractivity contribution < 1.29 is 0 Å². The van der Waals surface area contributed by atoms with Gasteiger partial charge in [-0.1, -0.05) is 49.1 Å². The first-order chi connectivity index (χ1) is 12.8. The van der Waals surface area contributed by atoms with Crippen molar-refractivity contribution in [2.24, 2.45) is 9.98 Å². The molecule has 3 heteroatoms. The molecule has 27 heavy (non-hydrogen) atoms. The second-order valence-electron chi connectivity index (χ2n) is 6.58. The Labute approximate surface area is 164 Å². The summed E-state index contributed by atoms with van der Waals surface area (Å²) in [6.07, 6.45) is 9.65. The van der Waals surface area contributed by atoms with Crippen molar-refractivity contribution in [1.29, 1.82) is 0 Å². The van der Waals surface area contributed by atoms with E-state index < -0.39 is 0 Å². The Balaban J connectivity index is 3.20. The molecule has 0 fully saturated rings. The van der Waals surface area contributed by atoms with E-state index in [9.17, 15) is 0 Å². The molecule has 0 spiro atoms. The van der Waals surface area contributed by atoms with Crippen molar-refractivity contribution in [1.82, 2.24) is 4.90 Å². The number of hydrogen-bond acceptors (Lipinski definition) is 3. The summed E-state index contributed by atoms with van der Waals surface area (Å²) >= 11 is 0. The molecule has 1 rings (SSSR count). The average Bonchev–Trinajstić information content (AvgIpc) is 2.64. The first kappa shape index (κ1) is 22.1. The van der Waals surface area contributed by atoms with Crippen LogP contribution in [0.5, 0.6) is 0 Å². The lowest BCUT2D eigenvalue weighted by Gasteiger charge is -2.11. The molecule has 0 bridgehead atoms. The SMILES string of the molecule is C=C/C(=C\N(C)C)C(/C=N\C(=C)c1cccc(C(/C=N\C)=C/C)c1)=C(C)C. The molecule has 0 heterocycles. The smallest absolute Gasteiger partial charge is 0.0630 e. The van der Waals surface area contributed by atoms with Crippen molar-refractivity contribution in [2.75, 3.05) is 21.1 Å². The molecule has 0 aromatic heterocycles. The van der Waals surface area contributed by atoms with Gasteiger partial charge < -0.3 is 4.90 Å². The first-order valence-corrected chi connectivity index (χ1v) is 8.94. The lowest BCUT2D eigenvalue weighted by Crippen LogP contribution is -2.04. The van der Waals surface area contributed by atoms with Gasteiger partial charge in [-0.25, -0.2) is 0 Å². The fourth-order valence-electron chi connectivity index (χ4n) is 2.55. The average molecular weight is 362 g/mol. The maximum absolute atomic E-state index is 4.63. The van der Waals surface area contributed by atoms with Crippen molar-refractivity contribution in [3.05, 3.63) is 83.6 Å². The van der Waals surface area contributed by atoms with Crippen LogP contribution in [0.1, 0.15) is 31.9 Å². The van der Waals surface area contributed by atoms with E-state index in [0.717, 1.165) is 27.8 Å². The fraction of sp³-hybridized carbons (Fsp3) is 0.250. The first-order valence-electron chi connectivity index (χ1n) is 8.94. The zero-order chi connectivity index (χ0) is 20.4. The van der Waals surface area contributed by atoms with Crippen LogP contribution < -0.4 is 0 Å². The van der Waals surface area contributed by atoms with Crippen LogP contribution in [0, 0.1) is 0 Å². The summed E-state index contributed by atoms with van der Waals surface area (Å²) in [6, 6.07) is 8.19. The molecule has 0 unspecified atom stereocenters. The van der Waals surface area contributed by atoms with Crippen LogP contribution in [-0.4, -0.2) is 38.5 Å². The van der Waals surface area contributed by atoms with Gasteiger partial charge in [-0.05, 0) is 43.5 Å². The highest BCUT2D eigenvalue weighted by Gasteiger charge is 2.05. The van der Waals surface area contributed by atoms with Crippen LogP contribution in [0.3, 0.4) is 0 Å². The summed E-state index contributed by atoms with van der Waals surface area (Å²) in [5.74, 6) is 0. The standard InChI is InChI=1S/C24H31N3/c1-9-20(15-25-6)23-13-11-12-22(14-23)19(5)26-16-24(18(3)4)21(10-2)17-27(7)8/h9-17H,2,5H2,1,3-4,6-8H3/b20-9+,21-17+,25-15-,26-16-. The highest BCUT2D eigenvalue weighted by molar-refractivity contribution is 6.09. The van der Waals surface area contributed by atoms with E-state index in [2.05, 4.69) is 49.1 Å². The molecule has 3 nitrogen and oxygen atoms in total. The summed E-state index contributed by atoms with van der Waals surface area (Å²) < 4.78 is 0. The molecular formula is C24H31N3. The molecule has 0 aliphatic rings. The van der Waals surface area contributed by atoms with E-state index in [1.54, 1.807) is 7.05 Å². The molecule has 1 aromatic carbocycles. The second kappa shape index (κ2) is 10.9. The Kier molecular flexibility index (Phi) is 8.94. The number of aliphatic imine (C=N–C) groups is 2. The van der Waals surface area contributed by atoms with Gasteiger partial charge in [0.2, 0.25) is 0 Å². The molecule has 0 aliphatic heterocycles. The van der Waals surface area contributed by atoms with Crippen molar-refractivity contribution >= 4 is 23.7 Å². The van der Waals surface area contributed by atoms with Crippen molar-refractivity contribution in [3.8, 4) is 0 Å². The highest BCUT2D eigenvalue weighted by atomic mass is 15.0. The molecular weight excluding hydrogens is 330 g/mol. The van der Waals surface area contributed by atoms with Crippen LogP contribution in [0.2, 0.25) is 0 Å². The van der Waals surface area contributed by atoms with Crippen molar-refractivity contribution in [3.63, 3.8) is 0 Å². The predicted octanol–water partition coefficient (Wildman–Crippen LogP) is 5.80. The zero-order valence-corrected chi connectivity index (χ0v) is 17.5. The van der Waals surface area contributed by atoms with Gasteiger partial charge >= 0.3 is 0 Å². The van der Waals surface area contributed by atoms with Crippen LogP contribution in [0.25, 0.3) is 11.3 Å². The molecule has 0 radical (unpaired) electrons. The number of nitrogens with zero attached hydrogens (tertiary/aromatic N) is 3. The van der Waals surface area contributed by atoms with Crippen molar-refractivity contribution in [2.45, 2.75) is 20.8 Å². The van der Waals surface area contributed by atoms with Gasteiger partial charge in [0, 0.05) is 50.9 Å². The van der Waals surface area contributed by atoms with E-state index >= 15 is 0 Å². The van der Waals surface area contributed by atoms with Crippen LogP contribution >= 0.6 is 0 Å². The third-order valence-electron chi connectivity index (χ3n) is 3.92. The summed E-state index contributed by atoms with van der Waals surface area (Å²) in [5.41, 5.74) is 7.11. The van der Waals surface area contributed by atoms with Gasteiger partial charge in [-0.15, -0.1) is 0 Å². The minimum absolute atomic E-state index is 0.716. The van der Waals surface area contributed by atoms with Crippen LogP contribution in [-0.2, 0) is 0 Å². The fourth-order valence-corrected chi connectivity index (χ4v) is 2.55. The zero-order valence-electron chi connectivity index (χ0n) is 17.5. The van der Waals surface area contributed by atoms with E-state index in [0.29, 0.717) is 5.70 Å². The van der Waals surface area contributed by atoms with Crippen LogP contribution in [0.4, 0.5) is 0 Å². The molecule has 0 N–H and O–H groups in total. The minimum Gasteiger partial charge on any atom is -0.383 e. The van der Waals surface area contributed by atoms with Gasteiger partial charge in [0.25, 0.3) is 0 Å². The third kappa shape index (κ3) is 6.70. The van der Waals surface area contributed by atoms with E-state index in [1.165, 1.54) is 5.57 Å². The third-order valence-corrected chi connectivity index (χ3v) is 3.92. The monoisotopic (exact) mass is 361 g/mol. The molecule has 0 saturated carbocycles. The number of hydrogen-bond donors (Lipinski definition) is 0. The van der Waals surface area contributed by atoms with Gasteiger partial charge in [0.1, 0.15) is 0 Å². The van der Waals surface area contributed by atoms with E-state index in [1.807, 2.05) is 68.8 Å². The normalized spacial score (nSPS) is 12.5. The summed E-state index contributed by atoms with van der Waals surface area (Å²) in [4.78, 5) is 10.7. The molecule has 0 saturated heterocycles. The highest BCUT2D eigenvalue weighted by Crippen LogP contribution is 2.21. The Hall–Kier alpha value is -2.94. The number of allylic oxidation sites excluding steroid dienone is 6. The van der Waals surface area contributed by atoms with Crippen LogP contribution in [0.15, 0.2) is 82.5 Å². The molecule has 1 aromatic rings. The predicted molar refractivity (Wildman–Crippen MR) is 122 cm³/mol. The quantitative estimate of drug-likeness (QED) is 0.425. The Bertz CT molecular complexity index is 827. The van der Waals surface area contributed by atoms with E-state index in [-0.39, 0.29) is 0 Å². The Morgan fingerprint density at radius 2 is 1.78 bits per heavy atom. The maximum atomic E-state index is 4.63. The second-order valence-corrected chi connectivity index (χ2v) is 6.58. The summed E-state index contributed by atoms with van der Waals surface area (Å²) in [6.45, 7) is 14.2. The minimum atomic E-state index is 0.716. The van der Waals surface area contributed by atoms with Gasteiger partial charge in [-0.2, -0.15) is 0 Å². The van der Waals surface area contributed by atoms with Gasteiger partial charge in [0.05, 0.1) is 5.70 Å². The molecule has 0 amide bonds. The summed E-state index contributed by atoms with van der Waals surface area (Å²) in [7, 11) is 5.76. The Morgan fingerprint density at radius 1 is 1.11 bits per heavy atom. The topological polar surface area (TPSA) is 28.0 Å². The number of benzene rings is 1. The largest absolute Gasteiger partial charge is 0.383 e. The maximum Gasteiger partial charge on any atom is 0.0630 e. The lowest BCUT2D eigenvalue weighted by molar-refractivity contribution is 0.561. The van der Waals surface area contributed by atoms with Gasteiger partial charge in [-0.3, -0.25) is 9.98 Å². The molecule has 0 aliphatic carbocycles. The Morgan fingerprint density at radius 3 is 2.30 bits per heavy atom. The molecule has 142 valence electrons. The lowest BCUT2D eigenvalue weighted by atomic mass is 10.0. The number of rotatable bonds is 8. The van der Waals surface area contributed by atoms with Gasteiger partial charge in [0.15, 0.2) is 0 Å². The molecule has 0 atom stereocenters.